The van der Waals surface area contributed by atoms with Crippen LogP contribution in [0.5, 0.6) is 0 Å². The van der Waals surface area contributed by atoms with Crippen molar-refractivity contribution < 1.29 is 4.84 Å². The Bertz CT molecular complexity index is 532. The summed E-state index contributed by atoms with van der Waals surface area (Å²) in [5.41, 5.74) is 3.02. The van der Waals surface area contributed by atoms with Crippen molar-refractivity contribution in [3.63, 3.8) is 0 Å². The first kappa shape index (κ1) is 12.1. The second-order valence-corrected chi connectivity index (χ2v) is 3.75. The molecule has 0 unspecified atom stereocenters. The Morgan fingerprint density at radius 2 is 1.78 bits per heavy atom. The van der Waals surface area contributed by atoms with Gasteiger partial charge in [0, 0.05) is 5.56 Å². The van der Waals surface area contributed by atoms with E-state index in [9.17, 15) is 0 Å². The van der Waals surface area contributed by atoms with Gasteiger partial charge in [-0.3, -0.25) is 0 Å². The summed E-state index contributed by atoms with van der Waals surface area (Å²) in [7, 11) is 0. The summed E-state index contributed by atoms with van der Waals surface area (Å²) in [6.07, 6.45) is 4.64. The highest BCUT2D eigenvalue weighted by Gasteiger charge is 1.97. The summed E-state index contributed by atoms with van der Waals surface area (Å²) < 4.78 is 0. The highest BCUT2D eigenvalue weighted by molar-refractivity contribution is 5.78. The topological polar surface area (TPSA) is 21.6 Å². The van der Waals surface area contributed by atoms with Gasteiger partial charge < -0.3 is 4.84 Å². The molecule has 0 bridgehead atoms. The van der Waals surface area contributed by atoms with Gasteiger partial charge in [-0.15, -0.1) is 0 Å². The quantitative estimate of drug-likeness (QED) is 0.572. The lowest BCUT2D eigenvalue weighted by Gasteiger charge is -2.03. The SMILES string of the molecule is C=Cc1ccccc1CO/N=[C]\c1ccccc1. The third-order valence-corrected chi connectivity index (χ3v) is 2.51. The highest BCUT2D eigenvalue weighted by atomic mass is 16.6. The van der Waals surface area contributed by atoms with E-state index >= 15 is 0 Å². The van der Waals surface area contributed by atoms with Gasteiger partial charge in [0.15, 0.2) is 0 Å². The standard InChI is InChI=1S/C16H14NO/c1-2-15-10-6-7-11-16(15)13-18-17-12-14-8-4-3-5-9-14/h2-11H,1,13H2. The summed E-state index contributed by atoms with van der Waals surface area (Å²) in [5, 5.41) is 3.83. The Morgan fingerprint density at radius 1 is 1.06 bits per heavy atom. The van der Waals surface area contributed by atoms with Crippen molar-refractivity contribution in [1.82, 2.24) is 0 Å². The van der Waals surface area contributed by atoms with Crippen LogP contribution in [0.15, 0.2) is 66.3 Å². The van der Waals surface area contributed by atoms with Crippen LogP contribution in [0, 0.1) is 0 Å². The van der Waals surface area contributed by atoms with Gasteiger partial charge in [0.2, 0.25) is 0 Å². The molecule has 2 aromatic rings. The molecule has 0 aliphatic rings. The molecule has 0 heterocycles. The van der Waals surface area contributed by atoms with Crippen molar-refractivity contribution in [2.45, 2.75) is 6.61 Å². The third-order valence-electron chi connectivity index (χ3n) is 2.51. The summed E-state index contributed by atoms with van der Waals surface area (Å²) in [4.78, 5) is 5.23. The smallest absolute Gasteiger partial charge is 0.142 e. The molecule has 0 aliphatic carbocycles. The lowest BCUT2D eigenvalue weighted by Crippen LogP contribution is -1.91. The maximum atomic E-state index is 5.23. The molecule has 0 atom stereocenters. The van der Waals surface area contributed by atoms with Crippen LogP contribution < -0.4 is 0 Å². The lowest BCUT2D eigenvalue weighted by molar-refractivity contribution is 0.132. The zero-order chi connectivity index (χ0) is 12.6. The van der Waals surface area contributed by atoms with E-state index in [1.54, 1.807) is 0 Å². The van der Waals surface area contributed by atoms with E-state index in [0.717, 1.165) is 16.7 Å². The molecule has 0 saturated heterocycles. The van der Waals surface area contributed by atoms with E-state index in [2.05, 4.69) is 17.9 Å². The van der Waals surface area contributed by atoms with Gasteiger partial charge in [-0.1, -0.05) is 72.4 Å². The molecule has 2 nitrogen and oxygen atoms in total. The van der Waals surface area contributed by atoms with E-state index in [1.807, 2.05) is 60.7 Å². The molecule has 0 aliphatic heterocycles. The predicted octanol–water partition coefficient (Wildman–Crippen LogP) is 3.76. The highest BCUT2D eigenvalue weighted by Crippen LogP contribution is 2.11. The number of hydrogen-bond donors (Lipinski definition) is 0. The van der Waals surface area contributed by atoms with Gasteiger partial charge in [0.25, 0.3) is 0 Å². The van der Waals surface area contributed by atoms with Gasteiger partial charge in [0.1, 0.15) is 12.8 Å². The van der Waals surface area contributed by atoms with E-state index < -0.39 is 0 Å². The molecule has 0 aromatic heterocycles. The molecule has 0 fully saturated rings. The predicted molar refractivity (Wildman–Crippen MR) is 74.3 cm³/mol. The fourth-order valence-corrected chi connectivity index (χ4v) is 1.56. The van der Waals surface area contributed by atoms with Gasteiger partial charge in [0.05, 0.1) is 0 Å². The maximum Gasteiger partial charge on any atom is 0.142 e. The Hall–Kier alpha value is -2.35. The van der Waals surface area contributed by atoms with Crippen LogP contribution in [0.2, 0.25) is 0 Å². The molecule has 0 spiro atoms. The minimum Gasteiger partial charge on any atom is -0.390 e. The second kappa shape index (κ2) is 6.40. The summed E-state index contributed by atoms with van der Waals surface area (Å²) >= 11 is 0. The molecule has 2 aromatic carbocycles. The van der Waals surface area contributed by atoms with E-state index in [4.69, 9.17) is 4.84 Å². The van der Waals surface area contributed by atoms with Crippen molar-refractivity contribution in [1.29, 1.82) is 0 Å². The zero-order valence-corrected chi connectivity index (χ0v) is 10.0. The normalized spacial score (nSPS) is 10.4. The molecule has 1 radical (unpaired) electrons. The molecule has 0 N–H and O–H groups in total. The van der Waals surface area contributed by atoms with Crippen LogP contribution in [0.4, 0.5) is 0 Å². The van der Waals surface area contributed by atoms with Crippen LogP contribution in [0.1, 0.15) is 16.7 Å². The molecular weight excluding hydrogens is 222 g/mol. The van der Waals surface area contributed by atoms with Crippen molar-refractivity contribution >= 4 is 12.3 Å². The summed E-state index contributed by atoms with van der Waals surface area (Å²) in [5.74, 6) is 0. The minimum atomic E-state index is 0.419. The van der Waals surface area contributed by atoms with E-state index in [1.165, 1.54) is 0 Å². The zero-order valence-electron chi connectivity index (χ0n) is 10.0. The average Bonchev–Trinajstić information content (AvgIpc) is 2.45. The largest absolute Gasteiger partial charge is 0.390 e. The van der Waals surface area contributed by atoms with Crippen molar-refractivity contribution in [3.8, 4) is 0 Å². The maximum absolute atomic E-state index is 5.23. The molecule has 0 saturated carbocycles. The van der Waals surface area contributed by atoms with Crippen LogP contribution >= 0.6 is 0 Å². The molecule has 2 heteroatoms. The van der Waals surface area contributed by atoms with E-state index in [0.29, 0.717) is 6.61 Å². The van der Waals surface area contributed by atoms with Crippen LogP contribution in [-0.4, -0.2) is 6.21 Å². The Labute approximate surface area is 107 Å². The second-order valence-electron chi connectivity index (χ2n) is 3.75. The first-order chi connectivity index (χ1) is 8.90. The molecule has 18 heavy (non-hydrogen) atoms. The molecular formula is C16H14NO. The van der Waals surface area contributed by atoms with Gasteiger partial charge in [-0.2, -0.15) is 0 Å². The van der Waals surface area contributed by atoms with Gasteiger partial charge in [-0.25, -0.2) is 0 Å². The fourth-order valence-electron chi connectivity index (χ4n) is 1.56. The minimum absolute atomic E-state index is 0.419. The number of rotatable bonds is 5. The van der Waals surface area contributed by atoms with Gasteiger partial charge in [-0.05, 0) is 11.1 Å². The molecule has 2 rings (SSSR count). The Balaban J connectivity index is 1.92. The fraction of sp³-hybridized carbons (Fsp3) is 0.0625. The Kier molecular flexibility index (Phi) is 4.31. The number of nitrogens with zero attached hydrogens (tertiary/aromatic N) is 1. The monoisotopic (exact) mass is 236 g/mol. The number of hydrogen-bond acceptors (Lipinski definition) is 2. The summed E-state index contributed by atoms with van der Waals surface area (Å²) in [6, 6.07) is 17.6. The lowest BCUT2D eigenvalue weighted by atomic mass is 10.1. The van der Waals surface area contributed by atoms with Crippen LogP contribution in [0.25, 0.3) is 6.08 Å². The molecule has 89 valence electrons. The first-order valence-corrected chi connectivity index (χ1v) is 5.73. The summed E-state index contributed by atoms with van der Waals surface area (Å²) in [6.45, 7) is 4.18. The van der Waals surface area contributed by atoms with E-state index in [-0.39, 0.29) is 0 Å². The Morgan fingerprint density at radius 3 is 2.56 bits per heavy atom. The molecule has 0 amide bonds. The van der Waals surface area contributed by atoms with Crippen molar-refractivity contribution in [2.24, 2.45) is 5.16 Å². The third kappa shape index (κ3) is 3.32. The van der Waals surface area contributed by atoms with Gasteiger partial charge >= 0.3 is 0 Å². The van der Waals surface area contributed by atoms with Crippen LogP contribution in [-0.2, 0) is 11.4 Å². The average molecular weight is 236 g/mol. The van der Waals surface area contributed by atoms with Crippen molar-refractivity contribution in [2.75, 3.05) is 0 Å². The van der Waals surface area contributed by atoms with Crippen LogP contribution in [0.3, 0.4) is 0 Å². The number of benzene rings is 2. The van der Waals surface area contributed by atoms with Crippen molar-refractivity contribution in [3.05, 3.63) is 77.9 Å². The first-order valence-electron chi connectivity index (χ1n) is 5.73.